The van der Waals surface area contributed by atoms with Crippen molar-refractivity contribution in [3.8, 4) is 5.75 Å². The fraction of sp³-hybridized carbons (Fsp3) is 0.125. The van der Waals surface area contributed by atoms with Gasteiger partial charge in [0.15, 0.2) is 0 Å². The zero-order valence-electron chi connectivity index (χ0n) is 5.91. The molecular weight excluding hydrogens is 142 g/mol. The maximum atomic E-state index is 10.6. The van der Waals surface area contributed by atoms with E-state index >= 15 is 0 Å². The maximum Gasteiger partial charge on any atom is 0.326 e. The van der Waals surface area contributed by atoms with E-state index in [9.17, 15) is 4.79 Å². The van der Waals surface area contributed by atoms with Crippen molar-refractivity contribution < 1.29 is 9.53 Å². The lowest BCUT2D eigenvalue weighted by Gasteiger charge is -1.99. The summed E-state index contributed by atoms with van der Waals surface area (Å²) in [7, 11) is 0. The van der Waals surface area contributed by atoms with E-state index in [-0.39, 0.29) is 6.54 Å². The van der Waals surface area contributed by atoms with Gasteiger partial charge in [0.1, 0.15) is 12.3 Å². The van der Waals surface area contributed by atoms with Crippen molar-refractivity contribution in [2.75, 3.05) is 6.54 Å². The van der Waals surface area contributed by atoms with Crippen molar-refractivity contribution in [2.45, 2.75) is 0 Å². The quantitative estimate of drug-likeness (QED) is 0.464. The first-order valence-corrected chi connectivity index (χ1v) is 3.23. The fourth-order valence-electron chi connectivity index (χ4n) is 0.656. The van der Waals surface area contributed by atoms with Gasteiger partial charge in [-0.1, -0.05) is 18.2 Å². The number of benzene rings is 1. The molecule has 11 heavy (non-hydrogen) atoms. The molecule has 0 aliphatic heterocycles. The third-order valence-electron chi connectivity index (χ3n) is 1.12. The third-order valence-corrected chi connectivity index (χ3v) is 1.12. The summed E-state index contributed by atoms with van der Waals surface area (Å²) in [6.45, 7) is -0.338. The summed E-state index contributed by atoms with van der Waals surface area (Å²) in [5.41, 5.74) is 6.68. The van der Waals surface area contributed by atoms with Crippen LogP contribution in [-0.4, -0.2) is 12.5 Å². The van der Waals surface area contributed by atoms with Crippen LogP contribution in [0.5, 0.6) is 5.75 Å². The molecule has 0 saturated heterocycles. The molecule has 0 saturated carbocycles. The molecule has 1 aromatic rings. The molecular formula is C8H8NO2. The maximum absolute atomic E-state index is 10.6. The van der Waals surface area contributed by atoms with Crippen LogP contribution in [0.4, 0.5) is 0 Å². The normalized spacial score (nSPS) is 9.18. The summed E-state index contributed by atoms with van der Waals surface area (Å²) in [5, 5.41) is 0. The average Bonchev–Trinajstić information content (AvgIpc) is 2.06. The number of ether oxygens (including phenoxy) is 1. The Morgan fingerprint density at radius 2 is 2.00 bits per heavy atom. The zero-order valence-corrected chi connectivity index (χ0v) is 5.91. The second-order valence-electron chi connectivity index (χ2n) is 1.96. The molecule has 0 amide bonds. The molecule has 1 N–H and O–H groups in total. The van der Waals surface area contributed by atoms with Gasteiger partial charge in [-0.3, -0.25) is 4.79 Å². The van der Waals surface area contributed by atoms with Gasteiger partial charge in [0.2, 0.25) is 0 Å². The Kier molecular flexibility index (Phi) is 2.63. The fourth-order valence-corrected chi connectivity index (χ4v) is 0.656. The van der Waals surface area contributed by atoms with Crippen molar-refractivity contribution in [3.63, 3.8) is 0 Å². The minimum Gasteiger partial charge on any atom is -0.426 e. The second kappa shape index (κ2) is 3.73. The summed E-state index contributed by atoms with van der Waals surface area (Å²) in [4.78, 5) is 10.6. The zero-order chi connectivity index (χ0) is 8.10. The molecule has 3 nitrogen and oxygen atoms in total. The number of hydrogen-bond donors (Lipinski definition) is 0. The highest BCUT2D eigenvalue weighted by molar-refractivity contribution is 5.73. The van der Waals surface area contributed by atoms with E-state index in [0.29, 0.717) is 5.75 Å². The highest BCUT2D eigenvalue weighted by Crippen LogP contribution is 2.07. The number of para-hydroxylation sites is 1. The SMILES string of the molecule is [NH]CC(=O)Oc1ccccc1. The first-order valence-electron chi connectivity index (χ1n) is 3.23. The number of esters is 1. The lowest BCUT2D eigenvalue weighted by molar-refractivity contribution is -0.132. The molecule has 1 radical (unpaired) electrons. The molecule has 0 bridgehead atoms. The number of rotatable bonds is 2. The van der Waals surface area contributed by atoms with Crippen molar-refractivity contribution in [3.05, 3.63) is 30.3 Å². The summed E-state index contributed by atoms with van der Waals surface area (Å²) < 4.78 is 4.74. The first-order chi connectivity index (χ1) is 5.33. The van der Waals surface area contributed by atoms with Gasteiger partial charge >= 0.3 is 5.97 Å². The number of hydrogen-bond acceptors (Lipinski definition) is 2. The van der Waals surface area contributed by atoms with E-state index in [1.807, 2.05) is 6.07 Å². The molecule has 0 atom stereocenters. The molecule has 3 heteroatoms. The molecule has 0 aromatic heterocycles. The molecule has 0 heterocycles. The van der Waals surface area contributed by atoms with Crippen molar-refractivity contribution in [1.29, 1.82) is 0 Å². The summed E-state index contributed by atoms with van der Waals surface area (Å²) in [5.74, 6) is -0.0408. The molecule has 0 unspecified atom stereocenters. The van der Waals surface area contributed by atoms with Gasteiger partial charge in [-0.25, -0.2) is 5.73 Å². The minimum absolute atomic E-state index is 0.338. The molecule has 1 rings (SSSR count). The Morgan fingerprint density at radius 1 is 1.36 bits per heavy atom. The van der Waals surface area contributed by atoms with Crippen molar-refractivity contribution in [1.82, 2.24) is 5.73 Å². The standard InChI is InChI=1S/C8H8NO2/c9-6-8(10)11-7-4-2-1-3-5-7/h1-5,9H,6H2. The van der Waals surface area contributed by atoms with E-state index in [2.05, 4.69) is 0 Å². The minimum atomic E-state index is -0.531. The van der Waals surface area contributed by atoms with Gasteiger partial charge in [-0.15, -0.1) is 0 Å². The summed E-state index contributed by atoms with van der Waals surface area (Å²) in [6, 6.07) is 8.72. The van der Waals surface area contributed by atoms with Gasteiger partial charge in [0.25, 0.3) is 0 Å². The van der Waals surface area contributed by atoms with Gasteiger partial charge in [0.05, 0.1) is 0 Å². The smallest absolute Gasteiger partial charge is 0.326 e. The van der Waals surface area contributed by atoms with Crippen LogP contribution in [0.1, 0.15) is 0 Å². The molecule has 1 aromatic carbocycles. The van der Waals surface area contributed by atoms with E-state index in [1.165, 1.54) is 0 Å². The molecule has 0 aliphatic rings. The van der Waals surface area contributed by atoms with Crippen molar-refractivity contribution in [2.24, 2.45) is 0 Å². The van der Waals surface area contributed by atoms with Crippen LogP contribution in [0.2, 0.25) is 0 Å². The Labute approximate surface area is 64.8 Å². The van der Waals surface area contributed by atoms with Gasteiger partial charge < -0.3 is 4.74 Å². The third kappa shape index (κ3) is 2.39. The lowest BCUT2D eigenvalue weighted by atomic mass is 10.3. The van der Waals surface area contributed by atoms with Crippen LogP contribution in [0.25, 0.3) is 0 Å². The largest absolute Gasteiger partial charge is 0.426 e. The second-order valence-corrected chi connectivity index (χ2v) is 1.96. The predicted octanol–water partition coefficient (Wildman–Crippen LogP) is 0.875. The van der Waals surface area contributed by atoms with E-state index < -0.39 is 5.97 Å². The van der Waals surface area contributed by atoms with Crippen LogP contribution in [0, 0.1) is 0 Å². The van der Waals surface area contributed by atoms with Gasteiger partial charge in [-0.2, -0.15) is 0 Å². The Balaban J connectivity index is 2.58. The Morgan fingerprint density at radius 3 is 2.55 bits per heavy atom. The van der Waals surface area contributed by atoms with Crippen molar-refractivity contribution >= 4 is 5.97 Å². The van der Waals surface area contributed by atoms with Crippen LogP contribution < -0.4 is 10.5 Å². The van der Waals surface area contributed by atoms with Crippen LogP contribution in [0.15, 0.2) is 30.3 Å². The van der Waals surface area contributed by atoms with Gasteiger partial charge in [-0.05, 0) is 12.1 Å². The number of nitrogens with one attached hydrogen (secondary N) is 1. The van der Waals surface area contributed by atoms with E-state index in [0.717, 1.165) is 0 Å². The Hall–Kier alpha value is -1.35. The lowest BCUT2D eigenvalue weighted by Crippen LogP contribution is -2.13. The molecule has 0 aliphatic carbocycles. The summed E-state index contributed by atoms with van der Waals surface area (Å²) in [6.07, 6.45) is 0. The highest BCUT2D eigenvalue weighted by Gasteiger charge is 1.99. The first kappa shape index (κ1) is 7.75. The van der Waals surface area contributed by atoms with E-state index in [4.69, 9.17) is 10.5 Å². The van der Waals surface area contributed by atoms with Crippen LogP contribution in [0.3, 0.4) is 0 Å². The summed E-state index contributed by atoms with van der Waals surface area (Å²) >= 11 is 0. The Bertz CT molecular complexity index is 233. The molecule has 57 valence electrons. The average molecular weight is 150 g/mol. The van der Waals surface area contributed by atoms with E-state index in [1.54, 1.807) is 24.3 Å². The number of carbonyl (C=O) groups excluding carboxylic acids is 1. The molecule has 0 fully saturated rings. The van der Waals surface area contributed by atoms with Crippen LogP contribution >= 0.6 is 0 Å². The highest BCUT2D eigenvalue weighted by atomic mass is 16.5. The predicted molar refractivity (Wildman–Crippen MR) is 40.0 cm³/mol. The monoisotopic (exact) mass is 150 g/mol. The topological polar surface area (TPSA) is 50.1 Å². The molecule has 0 spiro atoms. The van der Waals surface area contributed by atoms with Gasteiger partial charge in [0, 0.05) is 0 Å². The number of carbonyl (C=O) groups is 1. The van der Waals surface area contributed by atoms with Crippen LogP contribution in [-0.2, 0) is 4.79 Å².